The van der Waals surface area contributed by atoms with Crippen molar-refractivity contribution in [2.24, 2.45) is 7.05 Å². The first-order valence-corrected chi connectivity index (χ1v) is 8.92. The zero-order chi connectivity index (χ0) is 19.7. The Bertz CT molecular complexity index is 1120. The molecule has 0 bridgehead atoms. The zero-order valence-corrected chi connectivity index (χ0v) is 16.3. The molecule has 0 saturated carbocycles. The Kier molecular flexibility index (Phi) is 4.60. The van der Waals surface area contributed by atoms with E-state index in [1.165, 1.54) is 6.33 Å². The molecular weight excluding hydrogens is 354 g/mol. The monoisotopic (exact) mass is 375 g/mol. The van der Waals surface area contributed by atoms with Crippen molar-refractivity contribution < 1.29 is 4.74 Å². The second kappa shape index (κ2) is 7.22. The molecule has 8 nitrogen and oxygen atoms in total. The molecule has 3 heterocycles. The number of methoxy groups -OCH3 is 1. The van der Waals surface area contributed by atoms with E-state index in [9.17, 15) is 0 Å². The summed E-state index contributed by atoms with van der Waals surface area (Å²) in [5, 5.41) is 17.1. The molecule has 0 fully saturated rings. The van der Waals surface area contributed by atoms with Gasteiger partial charge in [-0.15, -0.1) is 0 Å². The van der Waals surface area contributed by atoms with Gasteiger partial charge in [-0.2, -0.15) is 15.3 Å². The maximum absolute atomic E-state index is 5.58. The largest absolute Gasteiger partial charge is 0.494 e. The van der Waals surface area contributed by atoms with Gasteiger partial charge in [-0.1, -0.05) is 0 Å². The Balaban J connectivity index is 1.76. The highest BCUT2D eigenvalue weighted by Gasteiger charge is 2.14. The Morgan fingerprint density at radius 2 is 1.93 bits per heavy atom. The standard InChI is InChI=1S/C20H21N7O/c1-12-5-6-15(25-24-12)10-21-20-16-8-14(17-7-13(2)27(3)26-17)9-18(28-4)19(16)22-11-23-20/h5-9,11H,10H2,1-4H3,(H,21,22,23). The molecule has 4 aromatic rings. The van der Waals surface area contributed by atoms with Gasteiger partial charge in [0.15, 0.2) is 0 Å². The maximum Gasteiger partial charge on any atom is 0.145 e. The van der Waals surface area contributed by atoms with Gasteiger partial charge in [0.2, 0.25) is 0 Å². The van der Waals surface area contributed by atoms with Crippen molar-refractivity contribution in [1.82, 2.24) is 29.9 Å². The van der Waals surface area contributed by atoms with Crippen molar-refractivity contribution in [2.45, 2.75) is 20.4 Å². The summed E-state index contributed by atoms with van der Waals surface area (Å²) in [6, 6.07) is 9.91. The van der Waals surface area contributed by atoms with E-state index in [1.807, 2.05) is 55.9 Å². The molecule has 0 aliphatic heterocycles. The normalized spacial score (nSPS) is 11.0. The summed E-state index contributed by atoms with van der Waals surface area (Å²) in [5.74, 6) is 1.39. The smallest absolute Gasteiger partial charge is 0.145 e. The highest BCUT2D eigenvalue weighted by molar-refractivity contribution is 5.96. The first-order chi connectivity index (χ1) is 13.5. The Labute approximate surface area is 162 Å². The van der Waals surface area contributed by atoms with Crippen LogP contribution < -0.4 is 10.1 Å². The van der Waals surface area contributed by atoms with Gasteiger partial charge in [0.25, 0.3) is 0 Å². The van der Waals surface area contributed by atoms with Gasteiger partial charge >= 0.3 is 0 Å². The van der Waals surface area contributed by atoms with Crippen LogP contribution in [-0.2, 0) is 13.6 Å². The lowest BCUT2D eigenvalue weighted by Crippen LogP contribution is -2.05. The molecule has 0 unspecified atom stereocenters. The van der Waals surface area contributed by atoms with Crippen LogP contribution in [0.25, 0.3) is 22.2 Å². The quantitative estimate of drug-likeness (QED) is 0.573. The second-order valence-corrected chi connectivity index (χ2v) is 6.61. The van der Waals surface area contributed by atoms with Crippen molar-refractivity contribution in [3.05, 3.63) is 53.7 Å². The predicted molar refractivity (Wildman–Crippen MR) is 107 cm³/mol. The fraction of sp³-hybridized carbons (Fsp3) is 0.250. The summed E-state index contributed by atoms with van der Waals surface area (Å²) >= 11 is 0. The molecule has 0 saturated heterocycles. The van der Waals surface area contributed by atoms with Crippen LogP contribution in [0.15, 0.2) is 36.7 Å². The molecule has 28 heavy (non-hydrogen) atoms. The van der Waals surface area contributed by atoms with Crippen LogP contribution in [0.5, 0.6) is 5.75 Å². The van der Waals surface area contributed by atoms with Crippen molar-refractivity contribution in [3.8, 4) is 17.0 Å². The molecule has 4 rings (SSSR count). The summed E-state index contributed by atoms with van der Waals surface area (Å²) in [6.07, 6.45) is 1.53. The van der Waals surface area contributed by atoms with Crippen molar-refractivity contribution in [3.63, 3.8) is 0 Å². The van der Waals surface area contributed by atoms with Crippen molar-refractivity contribution in [2.75, 3.05) is 12.4 Å². The van der Waals surface area contributed by atoms with E-state index in [2.05, 4.69) is 30.6 Å². The van der Waals surface area contributed by atoms with E-state index in [-0.39, 0.29) is 0 Å². The van der Waals surface area contributed by atoms with E-state index in [0.29, 0.717) is 18.1 Å². The van der Waals surface area contributed by atoms with Gasteiger partial charge in [0.1, 0.15) is 23.4 Å². The maximum atomic E-state index is 5.58. The van der Waals surface area contributed by atoms with Gasteiger partial charge < -0.3 is 10.1 Å². The molecule has 142 valence electrons. The molecule has 3 aromatic heterocycles. The van der Waals surface area contributed by atoms with E-state index in [4.69, 9.17) is 4.74 Å². The number of rotatable bonds is 5. The second-order valence-electron chi connectivity index (χ2n) is 6.61. The first-order valence-electron chi connectivity index (χ1n) is 8.92. The number of fused-ring (bicyclic) bond motifs is 1. The van der Waals surface area contributed by atoms with Gasteiger partial charge in [-0.25, -0.2) is 9.97 Å². The number of hydrogen-bond acceptors (Lipinski definition) is 7. The van der Waals surface area contributed by atoms with Crippen LogP contribution in [0.4, 0.5) is 5.82 Å². The molecule has 0 amide bonds. The van der Waals surface area contributed by atoms with Crippen LogP contribution in [0.1, 0.15) is 17.1 Å². The third kappa shape index (κ3) is 3.36. The highest BCUT2D eigenvalue weighted by atomic mass is 16.5. The number of anilines is 1. The lowest BCUT2D eigenvalue weighted by atomic mass is 10.1. The van der Waals surface area contributed by atoms with Crippen LogP contribution in [0, 0.1) is 13.8 Å². The Morgan fingerprint density at radius 3 is 2.61 bits per heavy atom. The first kappa shape index (κ1) is 17.8. The number of benzene rings is 1. The Hall–Kier alpha value is -3.55. The molecule has 0 spiro atoms. The number of nitrogens with one attached hydrogen (secondary N) is 1. The number of ether oxygens (including phenoxy) is 1. The third-order valence-electron chi connectivity index (χ3n) is 4.62. The minimum absolute atomic E-state index is 0.509. The van der Waals surface area contributed by atoms with Crippen LogP contribution >= 0.6 is 0 Å². The molecule has 1 aromatic carbocycles. The van der Waals surface area contributed by atoms with E-state index in [0.717, 1.165) is 39.2 Å². The average molecular weight is 375 g/mol. The van der Waals surface area contributed by atoms with E-state index >= 15 is 0 Å². The van der Waals surface area contributed by atoms with Gasteiger partial charge in [0.05, 0.1) is 30.7 Å². The van der Waals surface area contributed by atoms with Gasteiger partial charge in [-0.05, 0) is 44.2 Å². The summed E-state index contributed by atoms with van der Waals surface area (Å²) in [7, 11) is 3.56. The molecule has 1 N–H and O–H groups in total. The van der Waals surface area contributed by atoms with Gasteiger partial charge in [0, 0.05) is 23.7 Å². The minimum Gasteiger partial charge on any atom is -0.494 e. The molecule has 0 aliphatic rings. The summed E-state index contributed by atoms with van der Waals surface area (Å²) in [6.45, 7) is 4.44. The van der Waals surface area contributed by atoms with Gasteiger partial charge in [-0.3, -0.25) is 4.68 Å². The number of aromatic nitrogens is 6. The van der Waals surface area contributed by atoms with Crippen molar-refractivity contribution in [1.29, 1.82) is 0 Å². The fourth-order valence-electron chi connectivity index (χ4n) is 2.98. The molecule has 0 atom stereocenters. The topological polar surface area (TPSA) is 90.6 Å². The number of hydrogen-bond donors (Lipinski definition) is 1. The SMILES string of the molecule is COc1cc(-c2cc(C)n(C)n2)cc2c(NCc3ccc(C)nn3)ncnc12. The highest BCUT2D eigenvalue weighted by Crippen LogP contribution is 2.33. The zero-order valence-electron chi connectivity index (χ0n) is 16.3. The minimum atomic E-state index is 0.509. The summed E-state index contributed by atoms with van der Waals surface area (Å²) in [5.41, 5.74) is 5.36. The Morgan fingerprint density at radius 1 is 1.07 bits per heavy atom. The molecule has 0 radical (unpaired) electrons. The number of nitrogens with zero attached hydrogens (tertiary/aromatic N) is 6. The van der Waals surface area contributed by atoms with Crippen molar-refractivity contribution >= 4 is 16.7 Å². The van der Waals surface area contributed by atoms with Crippen LogP contribution in [-0.4, -0.2) is 37.1 Å². The van der Waals surface area contributed by atoms with E-state index < -0.39 is 0 Å². The van der Waals surface area contributed by atoms with E-state index in [1.54, 1.807) is 7.11 Å². The summed E-state index contributed by atoms with van der Waals surface area (Å²) in [4.78, 5) is 8.83. The lowest BCUT2D eigenvalue weighted by molar-refractivity contribution is 0.419. The van der Waals surface area contributed by atoms with Crippen LogP contribution in [0.2, 0.25) is 0 Å². The summed E-state index contributed by atoms with van der Waals surface area (Å²) < 4.78 is 7.43. The lowest BCUT2D eigenvalue weighted by Gasteiger charge is -2.11. The van der Waals surface area contributed by atoms with Crippen LogP contribution in [0.3, 0.4) is 0 Å². The number of aryl methyl sites for hydroxylation is 3. The predicted octanol–water partition coefficient (Wildman–Crippen LogP) is 3.06. The molecular formula is C20H21N7O. The molecule has 0 aliphatic carbocycles. The fourth-order valence-corrected chi connectivity index (χ4v) is 2.98. The molecule has 8 heteroatoms. The third-order valence-corrected chi connectivity index (χ3v) is 4.62. The average Bonchev–Trinajstić information content (AvgIpc) is 3.05.